The molecule has 1 fully saturated rings. The SMILES string of the molecule is Cl.Cn1cc([C@H]2CNC[C@@H]2C(=O)NCC(O)c2ccc(Cl)cc2)cn1. The fourth-order valence-corrected chi connectivity index (χ4v) is 3.19. The third-order valence-corrected chi connectivity index (χ3v) is 4.68. The van der Waals surface area contributed by atoms with Gasteiger partial charge in [0.25, 0.3) is 0 Å². The van der Waals surface area contributed by atoms with Crippen molar-refractivity contribution in [3.8, 4) is 0 Å². The fraction of sp³-hybridized carbons (Fsp3) is 0.412. The summed E-state index contributed by atoms with van der Waals surface area (Å²) in [7, 11) is 1.86. The molecule has 2 aromatic rings. The molecule has 1 saturated heterocycles. The molecule has 0 radical (unpaired) electrons. The van der Waals surface area contributed by atoms with E-state index < -0.39 is 6.10 Å². The maximum absolute atomic E-state index is 12.5. The van der Waals surface area contributed by atoms with Crippen molar-refractivity contribution in [1.82, 2.24) is 20.4 Å². The van der Waals surface area contributed by atoms with E-state index in [-0.39, 0.29) is 36.7 Å². The van der Waals surface area contributed by atoms with Crippen LogP contribution in [0.4, 0.5) is 0 Å². The number of nitrogens with zero attached hydrogens (tertiary/aromatic N) is 2. The first-order valence-electron chi connectivity index (χ1n) is 7.95. The minimum Gasteiger partial charge on any atom is -0.387 e. The molecule has 3 atom stereocenters. The molecular formula is C17H22Cl2N4O2. The van der Waals surface area contributed by atoms with Gasteiger partial charge in [0.15, 0.2) is 0 Å². The maximum Gasteiger partial charge on any atom is 0.225 e. The Bertz CT molecular complexity index is 705. The van der Waals surface area contributed by atoms with Crippen molar-refractivity contribution in [2.75, 3.05) is 19.6 Å². The highest BCUT2D eigenvalue weighted by atomic mass is 35.5. The number of rotatable bonds is 5. The van der Waals surface area contributed by atoms with Crippen molar-refractivity contribution in [3.63, 3.8) is 0 Å². The van der Waals surface area contributed by atoms with Gasteiger partial charge in [-0.15, -0.1) is 12.4 Å². The molecule has 1 aliphatic heterocycles. The molecule has 1 aromatic heterocycles. The lowest BCUT2D eigenvalue weighted by Gasteiger charge is -2.19. The van der Waals surface area contributed by atoms with Gasteiger partial charge in [0.2, 0.25) is 5.91 Å². The first-order valence-corrected chi connectivity index (χ1v) is 8.33. The van der Waals surface area contributed by atoms with Crippen molar-refractivity contribution in [2.24, 2.45) is 13.0 Å². The number of carbonyl (C=O) groups excluding carboxylic acids is 1. The van der Waals surface area contributed by atoms with Gasteiger partial charge < -0.3 is 15.7 Å². The Morgan fingerprint density at radius 1 is 1.44 bits per heavy atom. The quantitative estimate of drug-likeness (QED) is 0.732. The molecule has 1 aromatic carbocycles. The first-order chi connectivity index (χ1) is 11.5. The smallest absolute Gasteiger partial charge is 0.225 e. The van der Waals surface area contributed by atoms with Crippen LogP contribution < -0.4 is 10.6 Å². The molecule has 3 N–H and O–H groups in total. The Kier molecular flexibility index (Phi) is 6.84. The van der Waals surface area contributed by atoms with E-state index in [9.17, 15) is 9.90 Å². The summed E-state index contributed by atoms with van der Waals surface area (Å²) in [6.07, 6.45) is 3.00. The fourth-order valence-electron chi connectivity index (χ4n) is 3.07. The second kappa shape index (κ2) is 8.67. The third-order valence-electron chi connectivity index (χ3n) is 4.43. The topological polar surface area (TPSA) is 79.2 Å². The van der Waals surface area contributed by atoms with E-state index in [0.717, 1.165) is 17.7 Å². The highest BCUT2D eigenvalue weighted by Crippen LogP contribution is 2.28. The molecule has 25 heavy (non-hydrogen) atoms. The largest absolute Gasteiger partial charge is 0.387 e. The van der Waals surface area contributed by atoms with Crippen LogP contribution in [0.3, 0.4) is 0 Å². The molecular weight excluding hydrogens is 363 g/mol. The van der Waals surface area contributed by atoms with E-state index in [0.29, 0.717) is 11.6 Å². The number of hydrogen-bond acceptors (Lipinski definition) is 4. The number of carbonyl (C=O) groups is 1. The van der Waals surface area contributed by atoms with Gasteiger partial charge in [0.1, 0.15) is 0 Å². The van der Waals surface area contributed by atoms with Crippen LogP contribution in [0.15, 0.2) is 36.7 Å². The highest BCUT2D eigenvalue weighted by Gasteiger charge is 2.34. The van der Waals surface area contributed by atoms with E-state index in [1.165, 1.54) is 0 Å². The van der Waals surface area contributed by atoms with Crippen molar-refractivity contribution in [2.45, 2.75) is 12.0 Å². The van der Waals surface area contributed by atoms with Crippen LogP contribution in [-0.2, 0) is 11.8 Å². The van der Waals surface area contributed by atoms with Crippen LogP contribution in [0.1, 0.15) is 23.1 Å². The number of aliphatic hydroxyl groups is 1. The summed E-state index contributed by atoms with van der Waals surface area (Å²) in [5, 5.41) is 21.1. The molecule has 1 aliphatic rings. The number of halogens is 2. The Labute approximate surface area is 158 Å². The van der Waals surface area contributed by atoms with E-state index in [2.05, 4.69) is 15.7 Å². The van der Waals surface area contributed by atoms with E-state index in [1.54, 1.807) is 35.1 Å². The number of hydrogen-bond donors (Lipinski definition) is 3. The lowest BCUT2D eigenvalue weighted by atomic mass is 9.90. The monoisotopic (exact) mass is 384 g/mol. The van der Waals surface area contributed by atoms with Crippen molar-refractivity contribution >= 4 is 29.9 Å². The van der Waals surface area contributed by atoms with Crippen LogP contribution in [0.25, 0.3) is 0 Å². The number of nitrogens with one attached hydrogen (secondary N) is 2. The van der Waals surface area contributed by atoms with Gasteiger partial charge in [-0.2, -0.15) is 5.10 Å². The number of aryl methyl sites for hydroxylation is 1. The molecule has 6 nitrogen and oxygen atoms in total. The average Bonchev–Trinajstić information content (AvgIpc) is 3.21. The number of amides is 1. The van der Waals surface area contributed by atoms with Crippen LogP contribution in [-0.4, -0.2) is 40.4 Å². The van der Waals surface area contributed by atoms with Gasteiger partial charge >= 0.3 is 0 Å². The van der Waals surface area contributed by atoms with E-state index in [1.807, 2.05) is 13.2 Å². The van der Waals surface area contributed by atoms with Gasteiger partial charge in [-0.1, -0.05) is 23.7 Å². The predicted molar refractivity (Wildman–Crippen MR) is 99.0 cm³/mol. The number of aromatic nitrogens is 2. The Hall–Kier alpha value is -1.60. The summed E-state index contributed by atoms with van der Waals surface area (Å²) < 4.78 is 1.74. The molecule has 0 spiro atoms. The number of aliphatic hydroxyl groups excluding tert-OH is 1. The summed E-state index contributed by atoms with van der Waals surface area (Å²) in [6.45, 7) is 1.56. The summed E-state index contributed by atoms with van der Waals surface area (Å²) >= 11 is 5.84. The Morgan fingerprint density at radius 3 is 2.80 bits per heavy atom. The minimum absolute atomic E-state index is 0. The molecule has 1 amide bonds. The van der Waals surface area contributed by atoms with Crippen LogP contribution in [0.5, 0.6) is 0 Å². The maximum atomic E-state index is 12.5. The van der Waals surface area contributed by atoms with Crippen molar-refractivity contribution in [3.05, 3.63) is 52.8 Å². The molecule has 136 valence electrons. The number of benzene rings is 1. The van der Waals surface area contributed by atoms with Crippen LogP contribution in [0, 0.1) is 5.92 Å². The van der Waals surface area contributed by atoms with E-state index >= 15 is 0 Å². The highest BCUT2D eigenvalue weighted by molar-refractivity contribution is 6.30. The molecule has 0 bridgehead atoms. The molecule has 0 aliphatic carbocycles. The summed E-state index contributed by atoms with van der Waals surface area (Å²) in [6, 6.07) is 6.96. The molecule has 0 saturated carbocycles. The van der Waals surface area contributed by atoms with Gasteiger partial charge in [-0.3, -0.25) is 9.48 Å². The summed E-state index contributed by atoms with van der Waals surface area (Å²) in [4.78, 5) is 12.5. The Balaban J connectivity index is 0.00000225. The summed E-state index contributed by atoms with van der Waals surface area (Å²) in [5.74, 6) is -0.111. The zero-order chi connectivity index (χ0) is 17.1. The zero-order valence-corrected chi connectivity index (χ0v) is 15.4. The van der Waals surface area contributed by atoms with Gasteiger partial charge in [0.05, 0.1) is 18.2 Å². The van der Waals surface area contributed by atoms with Crippen molar-refractivity contribution < 1.29 is 9.90 Å². The van der Waals surface area contributed by atoms with Crippen LogP contribution >= 0.6 is 24.0 Å². The van der Waals surface area contributed by atoms with Crippen LogP contribution in [0.2, 0.25) is 5.02 Å². The molecule has 1 unspecified atom stereocenters. The normalized spacial score (nSPS) is 20.8. The molecule has 2 heterocycles. The standard InChI is InChI=1S/C17H21ClN4O2.ClH/c1-22-10-12(6-21-22)14-7-19-8-15(14)17(24)20-9-16(23)11-2-4-13(18)5-3-11;/h2-6,10,14-16,19,23H,7-9H2,1H3,(H,20,24);1H/t14-,15+,16?;/m1./s1. The van der Waals surface area contributed by atoms with Crippen molar-refractivity contribution in [1.29, 1.82) is 0 Å². The van der Waals surface area contributed by atoms with Gasteiger partial charge in [0, 0.05) is 43.8 Å². The van der Waals surface area contributed by atoms with E-state index in [4.69, 9.17) is 11.6 Å². The summed E-state index contributed by atoms with van der Waals surface area (Å²) in [5.41, 5.74) is 1.79. The third kappa shape index (κ3) is 4.73. The Morgan fingerprint density at radius 2 is 2.16 bits per heavy atom. The first kappa shape index (κ1) is 19.7. The second-order valence-electron chi connectivity index (χ2n) is 6.13. The molecule has 3 rings (SSSR count). The zero-order valence-electron chi connectivity index (χ0n) is 13.9. The predicted octanol–water partition coefficient (Wildman–Crippen LogP) is 1.65. The van der Waals surface area contributed by atoms with Gasteiger partial charge in [-0.05, 0) is 23.3 Å². The average molecular weight is 385 g/mol. The molecule has 8 heteroatoms. The lowest BCUT2D eigenvalue weighted by molar-refractivity contribution is -0.125. The second-order valence-corrected chi connectivity index (χ2v) is 6.57. The van der Waals surface area contributed by atoms with Gasteiger partial charge in [-0.25, -0.2) is 0 Å². The lowest BCUT2D eigenvalue weighted by Crippen LogP contribution is -2.36. The minimum atomic E-state index is -0.752.